The molecule has 14 heteroatoms. The number of carboxylic acids is 1. The van der Waals surface area contributed by atoms with Crippen LogP contribution in [0.4, 0.5) is 24.5 Å². The Kier molecular flexibility index (Phi) is 9.72. The number of thiophene rings is 1. The van der Waals surface area contributed by atoms with Crippen molar-refractivity contribution >= 4 is 44.6 Å². The first kappa shape index (κ1) is 28.9. The molecular weight excluding hydrogens is 545 g/mol. The van der Waals surface area contributed by atoms with Crippen LogP contribution >= 0.6 is 11.3 Å². The highest BCUT2D eigenvalue weighted by Gasteiger charge is 2.38. The fraction of sp³-hybridized carbons (Fsp3) is 0.250. The van der Waals surface area contributed by atoms with Crippen LogP contribution in [-0.2, 0) is 21.4 Å². The topological polar surface area (TPSA) is 128 Å². The van der Waals surface area contributed by atoms with Crippen molar-refractivity contribution in [1.29, 1.82) is 0 Å². The lowest BCUT2D eigenvalue weighted by atomic mass is 10.1. The van der Waals surface area contributed by atoms with E-state index in [-0.39, 0.29) is 10.1 Å². The van der Waals surface area contributed by atoms with Gasteiger partial charge in [0.2, 0.25) is 0 Å². The molecule has 9 nitrogen and oxygen atoms in total. The number of carbonyl (C=O) groups excluding carboxylic acids is 1. The minimum atomic E-state index is -5.08. The molecule has 2 aromatic carbocycles. The van der Waals surface area contributed by atoms with Gasteiger partial charge in [0.25, 0.3) is 15.9 Å². The molecular formula is C24H25F3N4O5S2. The average Bonchev–Trinajstić information content (AvgIpc) is 3.44. The van der Waals surface area contributed by atoms with Gasteiger partial charge in [-0.15, -0.1) is 11.3 Å². The first-order valence-corrected chi connectivity index (χ1v) is 13.6. The summed E-state index contributed by atoms with van der Waals surface area (Å²) in [6.45, 7) is 3.54. The monoisotopic (exact) mass is 570 g/mol. The number of hydrogen-bond acceptors (Lipinski definition) is 7. The summed E-state index contributed by atoms with van der Waals surface area (Å²) in [5.74, 6) is -3.01. The summed E-state index contributed by atoms with van der Waals surface area (Å²) in [5.41, 5.74) is 2.56. The molecule has 0 bridgehead atoms. The van der Waals surface area contributed by atoms with E-state index in [4.69, 9.17) is 9.90 Å². The van der Waals surface area contributed by atoms with E-state index in [0.29, 0.717) is 17.8 Å². The number of aliphatic carboxylic acids is 1. The second kappa shape index (κ2) is 12.8. The first-order valence-electron chi connectivity index (χ1n) is 11.3. The molecule has 0 atom stereocenters. The number of alkyl halides is 3. The predicted octanol–water partition coefficient (Wildman–Crippen LogP) is 3.52. The Labute approximate surface area is 221 Å². The van der Waals surface area contributed by atoms with Crippen molar-refractivity contribution in [2.45, 2.75) is 16.9 Å². The van der Waals surface area contributed by atoms with Crippen molar-refractivity contribution in [3.63, 3.8) is 0 Å². The van der Waals surface area contributed by atoms with E-state index in [1.54, 1.807) is 29.6 Å². The van der Waals surface area contributed by atoms with Crippen LogP contribution in [0.1, 0.15) is 15.9 Å². The molecule has 204 valence electrons. The van der Waals surface area contributed by atoms with Gasteiger partial charge >= 0.3 is 12.1 Å². The lowest BCUT2D eigenvalue weighted by Gasteiger charge is -2.31. The Morgan fingerprint density at radius 2 is 1.68 bits per heavy atom. The lowest BCUT2D eigenvalue weighted by molar-refractivity contribution is -0.192. The third kappa shape index (κ3) is 8.19. The molecule has 0 aliphatic carbocycles. The van der Waals surface area contributed by atoms with Gasteiger partial charge in [0.1, 0.15) is 4.21 Å². The predicted molar refractivity (Wildman–Crippen MR) is 138 cm³/mol. The summed E-state index contributed by atoms with van der Waals surface area (Å²) in [6, 6.07) is 18.1. The number of rotatable bonds is 7. The Bertz CT molecular complexity index is 1330. The molecule has 0 radical (unpaired) electrons. The van der Waals surface area contributed by atoms with Crippen molar-refractivity contribution in [1.82, 2.24) is 10.6 Å². The number of nitrogens with one attached hydrogen (secondary N) is 3. The van der Waals surface area contributed by atoms with E-state index in [2.05, 4.69) is 20.3 Å². The molecule has 0 saturated carbocycles. The summed E-state index contributed by atoms with van der Waals surface area (Å²) < 4.78 is 60.4. The largest absolute Gasteiger partial charge is 0.490 e. The fourth-order valence-electron chi connectivity index (χ4n) is 3.43. The number of hydrogen-bond donors (Lipinski definition) is 4. The van der Waals surface area contributed by atoms with Gasteiger partial charge in [0, 0.05) is 38.3 Å². The highest BCUT2D eigenvalue weighted by Crippen LogP contribution is 2.31. The van der Waals surface area contributed by atoms with Crippen molar-refractivity contribution in [3.05, 3.63) is 77.2 Å². The van der Waals surface area contributed by atoms with Gasteiger partial charge in [0.15, 0.2) is 0 Å². The van der Waals surface area contributed by atoms with Crippen LogP contribution < -0.4 is 20.3 Å². The van der Waals surface area contributed by atoms with Crippen LogP contribution in [0.25, 0.3) is 0 Å². The molecule has 4 N–H and O–H groups in total. The van der Waals surface area contributed by atoms with E-state index in [9.17, 15) is 26.4 Å². The summed E-state index contributed by atoms with van der Waals surface area (Å²) >= 11 is 1.15. The zero-order valence-electron chi connectivity index (χ0n) is 19.9. The zero-order valence-corrected chi connectivity index (χ0v) is 21.5. The van der Waals surface area contributed by atoms with E-state index >= 15 is 0 Å². The van der Waals surface area contributed by atoms with E-state index in [0.717, 1.165) is 48.8 Å². The molecule has 0 spiro atoms. The number of carboxylic acid groups (broad SMARTS) is 1. The highest BCUT2D eigenvalue weighted by molar-refractivity contribution is 7.94. The van der Waals surface area contributed by atoms with Gasteiger partial charge in [-0.05, 0) is 35.2 Å². The smallest absolute Gasteiger partial charge is 0.475 e. The Morgan fingerprint density at radius 1 is 1.03 bits per heavy atom. The van der Waals surface area contributed by atoms with Crippen molar-refractivity contribution < 1.29 is 36.3 Å². The number of halogens is 3. The highest BCUT2D eigenvalue weighted by atomic mass is 32.2. The second-order valence-corrected chi connectivity index (χ2v) is 10.8. The van der Waals surface area contributed by atoms with Crippen LogP contribution in [0.2, 0.25) is 0 Å². The molecule has 4 rings (SSSR count). The number of amides is 1. The number of carbonyl (C=O) groups is 2. The maximum Gasteiger partial charge on any atom is 0.490 e. The Morgan fingerprint density at radius 3 is 2.26 bits per heavy atom. The third-order valence-electron chi connectivity index (χ3n) is 5.26. The third-order valence-corrected chi connectivity index (χ3v) is 8.02. The van der Waals surface area contributed by atoms with E-state index in [1.807, 2.05) is 36.4 Å². The number of nitrogens with zero attached hydrogens (tertiary/aromatic N) is 1. The maximum atomic E-state index is 12.9. The summed E-state index contributed by atoms with van der Waals surface area (Å²) in [4.78, 5) is 23.8. The van der Waals surface area contributed by atoms with Crippen molar-refractivity contribution in [3.8, 4) is 0 Å². The minimum absolute atomic E-state index is 0.234. The Hall–Kier alpha value is -3.62. The van der Waals surface area contributed by atoms with Crippen LogP contribution in [0.15, 0.2) is 70.3 Å². The van der Waals surface area contributed by atoms with E-state index in [1.165, 1.54) is 0 Å². The minimum Gasteiger partial charge on any atom is -0.475 e. The van der Waals surface area contributed by atoms with Gasteiger partial charge < -0.3 is 20.6 Å². The van der Waals surface area contributed by atoms with Crippen LogP contribution in [0.3, 0.4) is 0 Å². The molecule has 1 aliphatic rings. The first-order chi connectivity index (χ1) is 18.0. The number of benzene rings is 2. The molecule has 1 aromatic heterocycles. The van der Waals surface area contributed by atoms with Gasteiger partial charge in [0.05, 0.1) is 11.4 Å². The van der Waals surface area contributed by atoms with Gasteiger partial charge in [-0.1, -0.05) is 36.4 Å². The van der Waals surface area contributed by atoms with Gasteiger partial charge in [-0.2, -0.15) is 13.2 Å². The second-order valence-electron chi connectivity index (χ2n) is 7.98. The molecule has 0 unspecified atom stereocenters. The number of piperazine rings is 1. The maximum absolute atomic E-state index is 12.9. The van der Waals surface area contributed by atoms with Crippen LogP contribution in [-0.4, -0.2) is 57.8 Å². The molecule has 2 heterocycles. The quantitative estimate of drug-likeness (QED) is 0.342. The van der Waals surface area contributed by atoms with Crippen LogP contribution in [0, 0.1) is 0 Å². The number of anilines is 2. The molecule has 1 saturated heterocycles. The fourth-order valence-corrected chi connectivity index (χ4v) is 5.49. The standard InChI is InChI=1S/C22H24N4O3S2.C2HF3O2/c27-22(24-16-17-5-2-1-3-6-17)18-8-9-20(26-12-10-23-11-13-26)19(15-18)25-31(28,29)21-7-4-14-30-21;3-2(4,5)1(6)7/h1-9,14-15,23,25H,10-13,16H2,(H,24,27);(H,6,7). The summed E-state index contributed by atoms with van der Waals surface area (Å²) in [5, 5.41) is 15.0. The molecule has 1 fully saturated rings. The van der Waals surface area contributed by atoms with Crippen LogP contribution in [0.5, 0.6) is 0 Å². The van der Waals surface area contributed by atoms with Crippen molar-refractivity contribution in [2.24, 2.45) is 0 Å². The SMILES string of the molecule is O=C(NCc1ccccc1)c1ccc(N2CCNCC2)c(NS(=O)(=O)c2cccs2)c1.O=C(O)C(F)(F)F. The molecule has 1 aliphatic heterocycles. The molecule has 3 aromatic rings. The van der Waals surface area contributed by atoms with Gasteiger partial charge in [-0.3, -0.25) is 9.52 Å². The molecule has 1 amide bonds. The van der Waals surface area contributed by atoms with Crippen molar-refractivity contribution in [2.75, 3.05) is 35.8 Å². The normalized spacial score (nSPS) is 13.7. The van der Waals surface area contributed by atoms with E-state index < -0.39 is 22.2 Å². The average molecular weight is 571 g/mol. The summed E-state index contributed by atoms with van der Waals surface area (Å²) in [7, 11) is -3.73. The summed E-state index contributed by atoms with van der Waals surface area (Å²) in [6.07, 6.45) is -5.08. The zero-order chi connectivity index (χ0) is 27.8. The van der Waals surface area contributed by atoms with Gasteiger partial charge in [-0.25, -0.2) is 13.2 Å². The number of sulfonamides is 1. The Balaban J connectivity index is 0.000000505. The lowest BCUT2D eigenvalue weighted by Crippen LogP contribution is -2.43. The molecule has 38 heavy (non-hydrogen) atoms.